The third-order valence-corrected chi connectivity index (χ3v) is 4.80. The number of para-hydroxylation sites is 1. The van der Waals surface area contributed by atoms with Crippen LogP contribution >= 0.6 is 11.8 Å². The summed E-state index contributed by atoms with van der Waals surface area (Å²) in [6.45, 7) is 1.99. The molecule has 0 aliphatic rings. The number of aromatic nitrogens is 2. The van der Waals surface area contributed by atoms with Gasteiger partial charge in [0.15, 0.2) is 0 Å². The van der Waals surface area contributed by atoms with Gasteiger partial charge < -0.3 is 11.1 Å². The van der Waals surface area contributed by atoms with E-state index in [1.54, 1.807) is 10.9 Å². The molecule has 2 amide bonds. The molecule has 0 saturated carbocycles. The van der Waals surface area contributed by atoms with Crippen LogP contribution in [0.5, 0.6) is 0 Å². The molecule has 0 unspecified atom stereocenters. The van der Waals surface area contributed by atoms with Crippen LogP contribution in [0.3, 0.4) is 0 Å². The summed E-state index contributed by atoms with van der Waals surface area (Å²) in [6.07, 6.45) is 3.17. The topological polar surface area (TPSA) is 90.0 Å². The molecule has 0 aliphatic heterocycles. The second kappa shape index (κ2) is 8.54. The van der Waals surface area contributed by atoms with Gasteiger partial charge in [0.25, 0.3) is 0 Å². The van der Waals surface area contributed by atoms with Gasteiger partial charge in [-0.2, -0.15) is 5.10 Å². The Bertz CT molecular complexity index is 727. The molecule has 1 heterocycles. The van der Waals surface area contributed by atoms with E-state index < -0.39 is 0 Å². The Morgan fingerprint density at radius 3 is 2.71 bits per heavy atom. The normalized spacial score (nSPS) is 10.6. The van der Waals surface area contributed by atoms with Crippen LogP contribution < -0.4 is 11.1 Å². The predicted molar refractivity (Wildman–Crippen MR) is 95.9 cm³/mol. The van der Waals surface area contributed by atoms with Gasteiger partial charge >= 0.3 is 0 Å². The number of amides is 2. The van der Waals surface area contributed by atoms with Gasteiger partial charge in [-0.3, -0.25) is 14.3 Å². The van der Waals surface area contributed by atoms with Crippen molar-refractivity contribution in [3.63, 3.8) is 0 Å². The number of rotatable bonds is 8. The van der Waals surface area contributed by atoms with E-state index in [1.807, 2.05) is 38.2 Å². The summed E-state index contributed by atoms with van der Waals surface area (Å²) in [5.41, 5.74) is 8.07. The molecule has 3 N–H and O–H groups in total. The molecule has 0 fully saturated rings. The fourth-order valence-corrected chi connectivity index (χ4v) is 3.18. The quantitative estimate of drug-likeness (QED) is 0.718. The van der Waals surface area contributed by atoms with E-state index in [0.717, 1.165) is 21.8 Å². The Morgan fingerprint density at radius 2 is 2.04 bits per heavy atom. The smallest absolute Gasteiger partial charge is 0.224 e. The molecule has 0 saturated heterocycles. The van der Waals surface area contributed by atoms with Crippen LogP contribution in [0.25, 0.3) is 0 Å². The van der Waals surface area contributed by atoms with Crippen molar-refractivity contribution in [3.05, 3.63) is 41.7 Å². The molecule has 0 spiro atoms. The zero-order valence-electron chi connectivity index (χ0n) is 13.9. The zero-order valence-corrected chi connectivity index (χ0v) is 14.7. The highest BCUT2D eigenvalue weighted by Gasteiger charge is 2.10. The van der Waals surface area contributed by atoms with Crippen LogP contribution in [0.15, 0.2) is 35.4 Å². The SMILES string of the molecule is Cc1c(CCC(=O)Nc2ccccc2SCCC(N)=O)cnn1C. The van der Waals surface area contributed by atoms with Gasteiger partial charge in [-0.05, 0) is 31.0 Å². The lowest BCUT2D eigenvalue weighted by Crippen LogP contribution is -2.13. The Labute approximate surface area is 145 Å². The van der Waals surface area contributed by atoms with Gasteiger partial charge in [0, 0.05) is 36.2 Å². The van der Waals surface area contributed by atoms with Crippen molar-refractivity contribution >= 4 is 29.3 Å². The van der Waals surface area contributed by atoms with Crippen LogP contribution in [-0.2, 0) is 23.1 Å². The van der Waals surface area contributed by atoms with Crippen LogP contribution in [0.2, 0.25) is 0 Å². The first-order chi connectivity index (χ1) is 11.5. The van der Waals surface area contributed by atoms with Gasteiger partial charge in [-0.15, -0.1) is 11.8 Å². The van der Waals surface area contributed by atoms with E-state index in [2.05, 4.69) is 10.4 Å². The summed E-state index contributed by atoms with van der Waals surface area (Å²) in [5.74, 6) is 0.231. The van der Waals surface area contributed by atoms with Gasteiger partial charge in [-0.1, -0.05) is 12.1 Å². The first-order valence-electron chi connectivity index (χ1n) is 7.75. The monoisotopic (exact) mass is 346 g/mol. The maximum absolute atomic E-state index is 12.2. The number of nitrogens with zero attached hydrogens (tertiary/aromatic N) is 2. The van der Waals surface area contributed by atoms with E-state index in [0.29, 0.717) is 25.0 Å². The lowest BCUT2D eigenvalue weighted by Gasteiger charge is -2.10. The summed E-state index contributed by atoms with van der Waals surface area (Å²) >= 11 is 1.51. The lowest BCUT2D eigenvalue weighted by molar-refractivity contribution is -0.118. The third kappa shape index (κ3) is 5.13. The van der Waals surface area contributed by atoms with E-state index in [9.17, 15) is 9.59 Å². The highest BCUT2D eigenvalue weighted by molar-refractivity contribution is 7.99. The number of carbonyl (C=O) groups excluding carboxylic acids is 2. The first kappa shape index (κ1) is 18.1. The molecule has 128 valence electrons. The third-order valence-electron chi connectivity index (χ3n) is 3.73. The number of primary amides is 1. The standard InChI is InChI=1S/C17H22N4O2S/c1-12-13(11-19-21(12)2)7-8-17(23)20-14-5-3-4-6-15(14)24-10-9-16(18)22/h3-6,11H,7-10H2,1-2H3,(H2,18,22)(H,20,23). The van der Waals surface area contributed by atoms with Gasteiger partial charge in [-0.25, -0.2) is 0 Å². The van der Waals surface area contributed by atoms with Crippen molar-refractivity contribution in [2.45, 2.75) is 31.1 Å². The van der Waals surface area contributed by atoms with Crippen molar-refractivity contribution in [1.82, 2.24) is 9.78 Å². The second-order valence-corrected chi connectivity index (χ2v) is 6.62. The molecule has 1 aromatic heterocycles. The largest absolute Gasteiger partial charge is 0.370 e. The molecule has 0 atom stereocenters. The molecule has 0 aliphatic carbocycles. The van der Waals surface area contributed by atoms with Crippen molar-refractivity contribution in [2.75, 3.05) is 11.1 Å². The van der Waals surface area contributed by atoms with Gasteiger partial charge in [0.05, 0.1) is 11.9 Å². The minimum Gasteiger partial charge on any atom is -0.370 e. The molecule has 24 heavy (non-hydrogen) atoms. The lowest BCUT2D eigenvalue weighted by atomic mass is 10.1. The summed E-state index contributed by atoms with van der Waals surface area (Å²) < 4.78 is 1.80. The first-order valence-corrected chi connectivity index (χ1v) is 8.73. The Morgan fingerprint density at radius 1 is 1.29 bits per heavy atom. The maximum Gasteiger partial charge on any atom is 0.224 e. The van der Waals surface area contributed by atoms with E-state index in [1.165, 1.54) is 11.8 Å². The van der Waals surface area contributed by atoms with Crippen LogP contribution in [-0.4, -0.2) is 27.3 Å². The molecular weight excluding hydrogens is 324 g/mol. The van der Waals surface area contributed by atoms with E-state index >= 15 is 0 Å². The average Bonchev–Trinajstić information content (AvgIpc) is 2.86. The number of carbonyl (C=O) groups is 2. The Balaban J connectivity index is 1.91. The molecule has 2 aromatic rings. The van der Waals surface area contributed by atoms with Crippen molar-refractivity contribution < 1.29 is 9.59 Å². The predicted octanol–water partition coefficient (Wildman–Crippen LogP) is 2.27. The summed E-state index contributed by atoms with van der Waals surface area (Å²) in [5, 5.41) is 7.13. The molecule has 6 nitrogen and oxygen atoms in total. The summed E-state index contributed by atoms with van der Waals surface area (Å²) in [7, 11) is 1.89. The number of hydrogen-bond acceptors (Lipinski definition) is 4. The molecule has 0 radical (unpaired) electrons. The van der Waals surface area contributed by atoms with Gasteiger partial charge in [0.2, 0.25) is 11.8 Å². The number of thioether (sulfide) groups is 1. The molecular formula is C17H22N4O2S. The zero-order chi connectivity index (χ0) is 17.5. The number of nitrogens with two attached hydrogens (primary N) is 1. The average molecular weight is 346 g/mol. The number of aryl methyl sites for hydroxylation is 2. The Kier molecular flexibility index (Phi) is 6.43. The van der Waals surface area contributed by atoms with E-state index in [4.69, 9.17) is 5.73 Å². The van der Waals surface area contributed by atoms with E-state index in [-0.39, 0.29) is 11.8 Å². The highest BCUT2D eigenvalue weighted by Crippen LogP contribution is 2.27. The van der Waals surface area contributed by atoms with Gasteiger partial charge in [0.1, 0.15) is 0 Å². The number of benzene rings is 1. The fourth-order valence-electron chi connectivity index (χ4n) is 2.21. The number of hydrogen-bond donors (Lipinski definition) is 2. The molecule has 7 heteroatoms. The highest BCUT2D eigenvalue weighted by atomic mass is 32.2. The second-order valence-electron chi connectivity index (χ2n) is 5.49. The Hall–Kier alpha value is -2.28. The number of anilines is 1. The summed E-state index contributed by atoms with van der Waals surface area (Å²) in [4.78, 5) is 24.0. The van der Waals surface area contributed by atoms with Crippen LogP contribution in [0.4, 0.5) is 5.69 Å². The minimum absolute atomic E-state index is 0.0406. The minimum atomic E-state index is -0.323. The maximum atomic E-state index is 12.2. The fraction of sp³-hybridized carbons (Fsp3) is 0.353. The summed E-state index contributed by atoms with van der Waals surface area (Å²) in [6, 6.07) is 7.56. The molecule has 1 aromatic carbocycles. The van der Waals surface area contributed by atoms with Crippen molar-refractivity contribution in [3.8, 4) is 0 Å². The van der Waals surface area contributed by atoms with Crippen LogP contribution in [0, 0.1) is 6.92 Å². The van der Waals surface area contributed by atoms with Crippen molar-refractivity contribution in [1.29, 1.82) is 0 Å². The van der Waals surface area contributed by atoms with Crippen LogP contribution in [0.1, 0.15) is 24.1 Å². The van der Waals surface area contributed by atoms with Crippen molar-refractivity contribution in [2.24, 2.45) is 12.8 Å². The molecule has 2 rings (SSSR count). The number of nitrogens with one attached hydrogen (secondary N) is 1. The molecule has 0 bridgehead atoms.